The number of hydrogen-bond acceptors (Lipinski definition) is 3. The molecule has 6 heteroatoms. The third-order valence-corrected chi connectivity index (χ3v) is 2.49. The van der Waals surface area contributed by atoms with Gasteiger partial charge in [-0.1, -0.05) is 19.1 Å². The van der Waals surface area contributed by atoms with Gasteiger partial charge >= 0.3 is 6.18 Å². The molecule has 0 fully saturated rings. The second kappa shape index (κ2) is 7.35. The maximum absolute atomic E-state index is 12.1. The van der Waals surface area contributed by atoms with Gasteiger partial charge in [-0.15, -0.1) is 0 Å². The quantitative estimate of drug-likeness (QED) is 0.805. The lowest BCUT2D eigenvalue weighted by molar-refractivity contribution is -0.126. The third kappa shape index (κ3) is 5.94. The van der Waals surface area contributed by atoms with Gasteiger partial charge in [0.2, 0.25) is 0 Å². The number of hydrogen-bond donors (Lipinski definition) is 2. The van der Waals surface area contributed by atoms with Crippen LogP contribution in [0.1, 0.15) is 24.9 Å². The van der Waals surface area contributed by atoms with E-state index >= 15 is 0 Å². The molecule has 0 spiro atoms. The number of rotatable bonds is 7. The van der Waals surface area contributed by atoms with E-state index in [1.165, 1.54) is 0 Å². The molecule has 0 heterocycles. The van der Waals surface area contributed by atoms with Gasteiger partial charge in [0.25, 0.3) is 0 Å². The van der Waals surface area contributed by atoms with Crippen molar-refractivity contribution >= 4 is 0 Å². The van der Waals surface area contributed by atoms with Crippen molar-refractivity contribution in [1.29, 1.82) is 0 Å². The molecule has 0 amide bonds. The Morgan fingerprint density at radius 3 is 2.37 bits per heavy atom. The van der Waals surface area contributed by atoms with E-state index in [2.05, 4.69) is 5.32 Å². The highest BCUT2D eigenvalue weighted by Crippen LogP contribution is 2.20. The zero-order valence-corrected chi connectivity index (χ0v) is 10.7. The zero-order chi connectivity index (χ0) is 14.3. The van der Waals surface area contributed by atoms with Crippen LogP contribution in [-0.2, 0) is 0 Å². The number of benzene rings is 1. The first-order chi connectivity index (χ1) is 8.96. The van der Waals surface area contributed by atoms with Crippen LogP contribution in [0.15, 0.2) is 24.3 Å². The molecule has 1 aromatic rings. The first-order valence-electron chi connectivity index (χ1n) is 6.10. The van der Waals surface area contributed by atoms with E-state index < -0.39 is 25.4 Å². The summed E-state index contributed by atoms with van der Waals surface area (Å²) >= 11 is 0. The number of aliphatic hydroxyl groups is 1. The minimum atomic E-state index is -4.29. The van der Waals surface area contributed by atoms with Gasteiger partial charge in [-0.05, 0) is 24.1 Å². The van der Waals surface area contributed by atoms with Crippen LogP contribution >= 0.6 is 0 Å². The van der Waals surface area contributed by atoms with Gasteiger partial charge in [-0.2, -0.15) is 13.2 Å². The molecule has 0 saturated carbocycles. The minimum Gasteiger partial charge on any atom is -0.494 e. The molecule has 1 rings (SSSR count). The molecule has 1 unspecified atom stereocenters. The van der Waals surface area contributed by atoms with Crippen LogP contribution in [0.5, 0.6) is 5.75 Å². The Hall–Kier alpha value is -1.27. The monoisotopic (exact) mass is 277 g/mol. The predicted molar refractivity (Wildman–Crippen MR) is 66.1 cm³/mol. The molecule has 0 aliphatic rings. The Bertz CT molecular complexity index is 365. The summed E-state index contributed by atoms with van der Waals surface area (Å²) in [5.74, 6) is 0.665. The van der Waals surface area contributed by atoms with Crippen LogP contribution in [0.3, 0.4) is 0 Å². The fourth-order valence-corrected chi connectivity index (χ4v) is 1.54. The van der Waals surface area contributed by atoms with Gasteiger partial charge in [0, 0.05) is 0 Å². The Balaban J connectivity index is 2.60. The van der Waals surface area contributed by atoms with E-state index in [9.17, 15) is 13.2 Å². The zero-order valence-electron chi connectivity index (χ0n) is 10.7. The number of ether oxygens (including phenoxy) is 1. The predicted octanol–water partition coefficient (Wildman–Crippen LogP) is 2.66. The summed E-state index contributed by atoms with van der Waals surface area (Å²) in [4.78, 5) is 0. The van der Waals surface area contributed by atoms with Crippen molar-refractivity contribution in [2.24, 2.45) is 0 Å². The van der Waals surface area contributed by atoms with Gasteiger partial charge in [0.15, 0.2) is 0 Å². The summed E-state index contributed by atoms with van der Waals surface area (Å²) < 4.78 is 41.7. The maximum Gasteiger partial charge on any atom is 0.401 e. The van der Waals surface area contributed by atoms with E-state index in [0.717, 1.165) is 6.42 Å². The van der Waals surface area contributed by atoms with E-state index in [0.29, 0.717) is 17.9 Å². The van der Waals surface area contributed by atoms with Gasteiger partial charge < -0.3 is 9.84 Å². The fraction of sp³-hybridized carbons (Fsp3) is 0.538. The van der Waals surface area contributed by atoms with Crippen molar-refractivity contribution < 1.29 is 23.0 Å². The molecule has 108 valence electrons. The number of halogens is 3. The molecule has 2 N–H and O–H groups in total. The van der Waals surface area contributed by atoms with Crippen molar-refractivity contribution in [2.75, 3.05) is 19.8 Å². The summed E-state index contributed by atoms with van der Waals surface area (Å²) in [5.41, 5.74) is 0.593. The Labute approximate surface area is 110 Å². The molecule has 0 aliphatic carbocycles. The molecule has 0 aromatic heterocycles. The van der Waals surface area contributed by atoms with E-state index in [1.807, 2.05) is 6.92 Å². The first-order valence-corrected chi connectivity index (χ1v) is 6.10. The molecule has 0 aliphatic heterocycles. The fourth-order valence-electron chi connectivity index (χ4n) is 1.54. The molecule has 1 aromatic carbocycles. The van der Waals surface area contributed by atoms with Gasteiger partial charge in [-0.25, -0.2) is 0 Å². The van der Waals surface area contributed by atoms with Crippen molar-refractivity contribution in [1.82, 2.24) is 5.32 Å². The lowest BCUT2D eigenvalue weighted by Gasteiger charge is -2.18. The number of nitrogens with one attached hydrogen (secondary N) is 1. The summed E-state index contributed by atoms with van der Waals surface area (Å²) in [6, 6.07) is 5.93. The summed E-state index contributed by atoms with van der Waals surface area (Å²) in [5, 5.41) is 11.4. The SMILES string of the molecule is CCCOc1ccc(C(CO)NCC(F)(F)F)cc1. The lowest BCUT2D eigenvalue weighted by atomic mass is 10.1. The highest BCUT2D eigenvalue weighted by molar-refractivity contribution is 5.29. The highest BCUT2D eigenvalue weighted by atomic mass is 19.4. The maximum atomic E-state index is 12.1. The Morgan fingerprint density at radius 1 is 1.26 bits per heavy atom. The highest BCUT2D eigenvalue weighted by Gasteiger charge is 2.28. The summed E-state index contributed by atoms with van der Waals surface area (Å²) in [6.45, 7) is 1.05. The topological polar surface area (TPSA) is 41.5 Å². The van der Waals surface area contributed by atoms with Crippen molar-refractivity contribution in [2.45, 2.75) is 25.6 Å². The molecular formula is C13H18F3NO2. The van der Waals surface area contributed by atoms with Crippen LogP contribution in [0.2, 0.25) is 0 Å². The average molecular weight is 277 g/mol. The molecule has 0 saturated heterocycles. The van der Waals surface area contributed by atoms with E-state index in [-0.39, 0.29) is 0 Å². The average Bonchev–Trinajstić information content (AvgIpc) is 2.37. The molecule has 0 bridgehead atoms. The smallest absolute Gasteiger partial charge is 0.401 e. The van der Waals surface area contributed by atoms with Crippen LogP contribution in [-0.4, -0.2) is 31.0 Å². The Kier molecular flexibility index (Phi) is 6.11. The standard InChI is InChI=1S/C13H18F3NO2/c1-2-7-19-11-5-3-10(4-6-11)12(8-18)17-9-13(14,15)16/h3-6,12,17-18H,2,7-9H2,1H3. The van der Waals surface area contributed by atoms with E-state index in [4.69, 9.17) is 9.84 Å². The number of aliphatic hydroxyl groups excluding tert-OH is 1. The largest absolute Gasteiger partial charge is 0.494 e. The lowest BCUT2D eigenvalue weighted by Crippen LogP contribution is -2.33. The van der Waals surface area contributed by atoms with Crippen LogP contribution in [0.4, 0.5) is 13.2 Å². The third-order valence-electron chi connectivity index (χ3n) is 2.49. The second-order valence-electron chi connectivity index (χ2n) is 4.15. The normalized spacial score (nSPS) is 13.3. The Morgan fingerprint density at radius 2 is 1.89 bits per heavy atom. The first kappa shape index (κ1) is 15.8. The molecule has 1 atom stereocenters. The molecular weight excluding hydrogens is 259 g/mol. The van der Waals surface area contributed by atoms with Crippen LogP contribution in [0.25, 0.3) is 0 Å². The van der Waals surface area contributed by atoms with Crippen molar-refractivity contribution in [3.8, 4) is 5.75 Å². The van der Waals surface area contributed by atoms with Crippen molar-refractivity contribution in [3.05, 3.63) is 29.8 Å². The minimum absolute atomic E-state index is 0.398. The number of alkyl halides is 3. The van der Waals surface area contributed by atoms with Gasteiger partial charge in [-0.3, -0.25) is 5.32 Å². The summed E-state index contributed by atoms with van der Waals surface area (Å²) in [7, 11) is 0. The van der Waals surface area contributed by atoms with E-state index in [1.54, 1.807) is 24.3 Å². The van der Waals surface area contributed by atoms with Crippen LogP contribution < -0.4 is 10.1 Å². The van der Waals surface area contributed by atoms with Gasteiger partial charge in [0.05, 0.1) is 25.8 Å². The van der Waals surface area contributed by atoms with Crippen LogP contribution in [0, 0.1) is 0 Å². The molecule has 19 heavy (non-hydrogen) atoms. The second-order valence-corrected chi connectivity index (χ2v) is 4.15. The summed E-state index contributed by atoms with van der Waals surface area (Å²) in [6.07, 6.45) is -3.41. The molecule has 3 nitrogen and oxygen atoms in total. The van der Waals surface area contributed by atoms with Gasteiger partial charge in [0.1, 0.15) is 5.75 Å². The van der Waals surface area contributed by atoms with Crippen molar-refractivity contribution in [3.63, 3.8) is 0 Å². The molecule has 0 radical (unpaired) electrons.